The highest BCUT2D eigenvalue weighted by atomic mass is 35.5. The fourth-order valence-electron chi connectivity index (χ4n) is 4.23. The number of carbonyl (C=O) groups is 1. The first-order valence-corrected chi connectivity index (χ1v) is 11.5. The minimum absolute atomic E-state index is 0.159. The van der Waals surface area contributed by atoms with E-state index in [-0.39, 0.29) is 30.0 Å². The number of hydrogen-bond donors (Lipinski definition) is 4. The summed E-state index contributed by atoms with van der Waals surface area (Å²) in [5, 5.41) is 22.6. The molecule has 0 bridgehead atoms. The molecular formula is C25H26ClFN4O3. The monoisotopic (exact) mass is 484 g/mol. The molecule has 0 aliphatic heterocycles. The number of hydrogen-bond acceptors (Lipinski definition) is 6. The number of halogens is 2. The lowest BCUT2D eigenvalue weighted by Gasteiger charge is -2.25. The third kappa shape index (κ3) is 5.35. The molecule has 7 nitrogen and oxygen atoms in total. The Bertz CT molecular complexity index is 1180. The number of benzene rings is 2. The van der Waals surface area contributed by atoms with Crippen molar-refractivity contribution in [2.75, 3.05) is 12.3 Å². The van der Waals surface area contributed by atoms with E-state index < -0.39 is 17.8 Å². The van der Waals surface area contributed by atoms with Gasteiger partial charge in [0.1, 0.15) is 17.3 Å². The van der Waals surface area contributed by atoms with Crippen LogP contribution in [0.2, 0.25) is 5.02 Å². The van der Waals surface area contributed by atoms with Crippen molar-refractivity contribution >= 4 is 23.3 Å². The summed E-state index contributed by atoms with van der Waals surface area (Å²) in [5.41, 5.74) is 7.97. The van der Waals surface area contributed by atoms with Gasteiger partial charge in [-0.15, -0.1) is 0 Å². The second-order valence-corrected chi connectivity index (χ2v) is 8.93. The second-order valence-electron chi connectivity index (χ2n) is 8.49. The SMILES string of the molecule is Nc1ncc(C2CCC(O)CC2)nc1-c1ccc(C(=O)N[C@H](CO)c2cccc(Cl)c2)c(F)c1. The minimum Gasteiger partial charge on any atom is -0.394 e. The highest BCUT2D eigenvalue weighted by Crippen LogP contribution is 2.34. The summed E-state index contributed by atoms with van der Waals surface area (Å²) < 4.78 is 15.0. The quantitative estimate of drug-likeness (QED) is 0.419. The first kappa shape index (κ1) is 24.1. The summed E-state index contributed by atoms with van der Waals surface area (Å²) in [4.78, 5) is 21.6. The van der Waals surface area contributed by atoms with Gasteiger partial charge in [0, 0.05) is 16.5 Å². The zero-order valence-corrected chi connectivity index (χ0v) is 19.2. The van der Waals surface area contributed by atoms with Crippen LogP contribution in [0.4, 0.5) is 10.2 Å². The largest absolute Gasteiger partial charge is 0.394 e. The normalized spacial score (nSPS) is 18.9. The van der Waals surface area contributed by atoms with E-state index in [1.54, 1.807) is 36.5 Å². The topological polar surface area (TPSA) is 121 Å². The number of nitrogens with one attached hydrogen (secondary N) is 1. The van der Waals surface area contributed by atoms with Crippen LogP contribution in [-0.2, 0) is 0 Å². The smallest absolute Gasteiger partial charge is 0.254 e. The van der Waals surface area contributed by atoms with Gasteiger partial charge in [0.2, 0.25) is 0 Å². The Morgan fingerprint density at radius 2 is 1.97 bits per heavy atom. The van der Waals surface area contributed by atoms with E-state index in [4.69, 9.17) is 17.3 Å². The Hall–Kier alpha value is -3.07. The van der Waals surface area contributed by atoms with Crippen molar-refractivity contribution in [3.05, 3.63) is 76.3 Å². The number of anilines is 1. The van der Waals surface area contributed by atoms with Gasteiger partial charge in [0.15, 0.2) is 0 Å². The molecule has 34 heavy (non-hydrogen) atoms. The lowest BCUT2D eigenvalue weighted by Crippen LogP contribution is -2.31. The molecule has 1 atom stereocenters. The van der Waals surface area contributed by atoms with Crippen LogP contribution in [0.1, 0.15) is 59.3 Å². The Morgan fingerprint density at radius 3 is 2.65 bits per heavy atom. The van der Waals surface area contributed by atoms with Crippen LogP contribution in [0.3, 0.4) is 0 Å². The van der Waals surface area contributed by atoms with E-state index in [0.29, 0.717) is 34.7 Å². The summed E-state index contributed by atoms with van der Waals surface area (Å²) >= 11 is 5.99. The molecular weight excluding hydrogens is 459 g/mol. The number of nitrogens with zero attached hydrogens (tertiary/aromatic N) is 2. The van der Waals surface area contributed by atoms with E-state index in [1.807, 2.05) is 0 Å². The van der Waals surface area contributed by atoms with Crippen molar-refractivity contribution in [3.8, 4) is 11.3 Å². The van der Waals surface area contributed by atoms with Gasteiger partial charge in [0.25, 0.3) is 5.91 Å². The third-order valence-corrected chi connectivity index (χ3v) is 6.40. The number of aromatic nitrogens is 2. The summed E-state index contributed by atoms with van der Waals surface area (Å²) in [6, 6.07) is 10.1. The van der Waals surface area contributed by atoms with Gasteiger partial charge in [-0.25, -0.2) is 14.4 Å². The Morgan fingerprint density at radius 1 is 1.21 bits per heavy atom. The molecule has 4 rings (SSSR count). The fourth-order valence-corrected chi connectivity index (χ4v) is 4.43. The van der Waals surface area contributed by atoms with Crippen LogP contribution in [0.5, 0.6) is 0 Å². The van der Waals surface area contributed by atoms with E-state index in [1.165, 1.54) is 12.1 Å². The number of amides is 1. The van der Waals surface area contributed by atoms with Crippen LogP contribution in [0.25, 0.3) is 11.3 Å². The van der Waals surface area contributed by atoms with Crippen molar-refractivity contribution in [2.24, 2.45) is 0 Å². The lowest BCUT2D eigenvalue weighted by molar-refractivity contribution is 0.0912. The fraction of sp³-hybridized carbons (Fsp3) is 0.320. The average molecular weight is 485 g/mol. The van der Waals surface area contributed by atoms with E-state index in [9.17, 15) is 19.4 Å². The number of nitrogen functional groups attached to an aromatic ring is 1. The molecule has 3 aromatic rings. The Labute approximate surface area is 201 Å². The van der Waals surface area contributed by atoms with Gasteiger partial charge in [-0.1, -0.05) is 29.8 Å². The number of aliphatic hydroxyl groups excluding tert-OH is 2. The maximum Gasteiger partial charge on any atom is 0.254 e. The first-order valence-electron chi connectivity index (χ1n) is 11.1. The van der Waals surface area contributed by atoms with Crippen molar-refractivity contribution in [3.63, 3.8) is 0 Å². The van der Waals surface area contributed by atoms with E-state index in [2.05, 4.69) is 15.3 Å². The molecule has 178 valence electrons. The molecule has 1 heterocycles. The summed E-state index contributed by atoms with van der Waals surface area (Å²) in [6.07, 6.45) is 4.35. The maximum atomic E-state index is 15.0. The Balaban J connectivity index is 1.55. The minimum atomic E-state index is -0.745. The molecule has 9 heteroatoms. The van der Waals surface area contributed by atoms with Crippen LogP contribution in [0.15, 0.2) is 48.7 Å². The van der Waals surface area contributed by atoms with Crippen LogP contribution in [-0.4, -0.2) is 38.8 Å². The summed E-state index contributed by atoms with van der Waals surface area (Å²) in [7, 11) is 0. The predicted molar refractivity (Wildman–Crippen MR) is 128 cm³/mol. The maximum absolute atomic E-state index is 15.0. The van der Waals surface area contributed by atoms with Crippen molar-refractivity contribution in [1.29, 1.82) is 0 Å². The number of rotatable bonds is 6. The third-order valence-electron chi connectivity index (χ3n) is 6.16. The molecule has 0 unspecified atom stereocenters. The van der Waals surface area contributed by atoms with Gasteiger partial charge in [0.05, 0.1) is 36.2 Å². The molecule has 1 aliphatic carbocycles. The predicted octanol–water partition coefficient (Wildman–Crippen LogP) is 4.00. The molecule has 1 aromatic heterocycles. The van der Waals surface area contributed by atoms with Gasteiger partial charge < -0.3 is 21.3 Å². The first-order chi connectivity index (χ1) is 16.4. The number of carbonyl (C=O) groups excluding carboxylic acids is 1. The molecule has 5 N–H and O–H groups in total. The zero-order valence-electron chi connectivity index (χ0n) is 18.4. The average Bonchev–Trinajstić information content (AvgIpc) is 2.83. The molecule has 0 saturated heterocycles. The Kier molecular flexibility index (Phi) is 7.41. The molecule has 2 aromatic carbocycles. The molecule has 1 fully saturated rings. The lowest BCUT2D eigenvalue weighted by atomic mass is 9.85. The number of nitrogens with two attached hydrogens (primary N) is 1. The highest BCUT2D eigenvalue weighted by molar-refractivity contribution is 6.30. The molecule has 1 aliphatic rings. The standard InChI is InChI=1S/C25H26ClFN4O3/c26-17-3-1-2-15(10-17)22(13-32)31-25(34)19-9-6-16(11-20(19)27)23-24(28)29-12-21(30-23)14-4-7-18(33)8-5-14/h1-3,6,9-12,14,18,22,32-33H,4-5,7-8,13H2,(H2,28,29)(H,31,34)/t14?,18?,22-/m1/s1. The van der Waals surface area contributed by atoms with E-state index in [0.717, 1.165) is 18.5 Å². The second kappa shape index (κ2) is 10.5. The van der Waals surface area contributed by atoms with Crippen LogP contribution >= 0.6 is 11.6 Å². The van der Waals surface area contributed by atoms with Gasteiger partial charge >= 0.3 is 0 Å². The van der Waals surface area contributed by atoms with E-state index >= 15 is 0 Å². The van der Waals surface area contributed by atoms with Crippen molar-refractivity contribution < 1.29 is 19.4 Å². The molecule has 1 saturated carbocycles. The van der Waals surface area contributed by atoms with Crippen molar-refractivity contribution in [1.82, 2.24) is 15.3 Å². The van der Waals surface area contributed by atoms with Gasteiger partial charge in [-0.2, -0.15) is 0 Å². The number of aliphatic hydroxyl groups is 2. The highest BCUT2D eigenvalue weighted by Gasteiger charge is 2.24. The van der Waals surface area contributed by atoms with Crippen LogP contribution in [0, 0.1) is 5.82 Å². The van der Waals surface area contributed by atoms with Crippen molar-refractivity contribution in [2.45, 2.75) is 43.7 Å². The molecule has 1 amide bonds. The van der Waals surface area contributed by atoms with Crippen LogP contribution < -0.4 is 11.1 Å². The summed E-state index contributed by atoms with van der Waals surface area (Å²) in [5.74, 6) is -1.09. The zero-order chi connectivity index (χ0) is 24.2. The van der Waals surface area contributed by atoms with Gasteiger partial charge in [-0.05, 0) is 55.5 Å². The molecule has 0 radical (unpaired) electrons. The summed E-state index contributed by atoms with van der Waals surface area (Å²) in [6.45, 7) is -0.372. The molecule has 0 spiro atoms. The van der Waals surface area contributed by atoms with Gasteiger partial charge in [-0.3, -0.25) is 4.79 Å².